The Hall–Kier alpha value is -2.05. The Balaban J connectivity index is 1.97. The zero-order valence-corrected chi connectivity index (χ0v) is 13.6. The highest BCUT2D eigenvalue weighted by Gasteiger charge is 2.43. The highest BCUT2D eigenvalue weighted by atomic mass is 16.7. The van der Waals surface area contributed by atoms with E-state index in [-0.39, 0.29) is 12.4 Å². The van der Waals surface area contributed by atoms with Crippen LogP contribution in [0.25, 0.3) is 0 Å². The van der Waals surface area contributed by atoms with Crippen LogP contribution in [0.15, 0.2) is 17.1 Å². The molecule has 1 fully saturated rings. The second-order valence-corrected chi connectivity index (χ2v) is 5.36. The molecule has 1 aliphatic rings. The minimum absolute atomic E-state index is 0.0307. The van der Waals surface area contributed by atoms with Crippen LogP contribution in [-0.2, 0) is 19.1 Å². The quantitative estimate of drug-likeness (QED) is 0.307. The number of rotatable bonds is 8. The van der Waals surface area contributed by atoms with Gasteiger partial charge >= 0.3 is 11.7 Å². The Kier molecular flexibility index (Phi) is 6.84. The third-order valence-electron chi connectivity index (χ3n) is 3.46. The molecule has 0 unspecified atom stereocenters. The molecule has 1 aliphatic heterocycles. The Morgan fingerprint density at radius 3 is 2.80 bits per heavy atom. The highest BCUT2D eigenvalue weighted by molar-refractivity contribution is 5.71. The molecule has 0 bridgehead atoms. The molecule has 2 heterocycles. The fourth-order valence-electron chi connectivity index (χ4n) is 2.21. The van der Waals surface area contributed by atoms with Gasteiger partial charge < -0.3 is 29.6 Å². The number of nitrogens with zero attached hydrogens (tertiary/aromatic N) is 2. The summed E-state index contributed by atoms with van der Waals surface area (Å²) in [5.74, 6) is -0.709. The van der Waals surface area contributed by atoms with Crippen LogP contribution in [0.3, 0.4) is 0 Å². The molecule has 0 aromatic carbocycles. The van der Waals surface area contributed by atoms with Crippen molar-refractivity contribution in [2.24, 2.45) is 0 Å². The Morgan fingerprint density at radius 2 is 2.20 bits per heavy atom. The number of aliphatic hydroxyl groups excluding tert-OH is 3. The van der Waals surface area contributed by atoms with Gasteiger partial charge in [-0.2, -0.15) is 4.98 Å². The lowest BCUT2D eigenvalue weighted by atomic mass is 10.1. The van der Waals surface area contributed by atoms with Crippen LogP contribution in [-0.4, -0.2) is 69.0 Å². The number of hydrogen-bond acceptors (Lipinski definition) is 10. The van der Waals surface area contributed by atoms with Crippen molar-refractivity contribution in [1.29, 1.82) is 0 Å². The summed E-state index contributed by atoms with van der Waals surface area (Å²) in [5.41, 5.74) is 1.42. The van der Waals surface area contributed by atoms with Crippen molar-refractivity contribution in [2.75, 3.05) is 25.3 Å². The summed E-state index contributed by atoms with van der Waals surface area (Å²) in [6.07, 6.45) is -2.91. The van der Waals surface area contributed by atoms with E-state index in [4.69, 9.17) is 14.6 Å². The van der Waals surface area contributed by atoms with Crippen molar-refractivity contribution in [1.82, 2.24) is 9.55 Å². The second kappa shape index (κ2) is 8.87. The third kappa shape index (κ3) is 4.74. The summed E-state index contributed by atoms with van der Waals surface area (Å²) in [6, 6.07) is 1.32. The maximum absolute atomic E-state index is 12.0. The molecule has 1 aromatic heterocycles. The topological polar surface area (TPSA) is 152 Å². The molecule has 1 aromatic rings. The number of aliphatic hydroxyl groups is 3. The second-order valence-electron chi connectivity index (χ2n) is 5.36. The summed E-state index contributed by atoms with van der Waals surface area (Å²) >= 11 is 0. The first-order valence-electron chi connectivity index (χ1n) is 7.73. The molecule has 0 amide bonds. The number of carbonyl (C=O) groups excluding carboxylic acids is 1. The molecule has 0 radical (unpaired) electrons. The first kappa shape index (κ1) is 19.3. The van der Waals surface area contributed by atoms with E-state index in [0.29, 0.717) is 6.61 Å². The summed E-state index contributed by atoms with van der Waals surface area (Å²) in [6.45, 7) is 1.58. The minimum Gasteiger partial charge on any atom is -0.394 e. The molecule has 11 heteroatoms. The van der Waals surface area contributed by atoms with E-state index < -0.39 is 42.8 Å². The molecular weight excluding hydrogens is 338 g/mol. The Morgan fingerprint density at radius 1 is 1.44 bits per heavy atom. The lowest BCUT2D eigenvalue weighted by Crippen LogP contribution is -2.36. The normalized spacial score (nSPS) is 25.8. The Bertz CT molecular complexity index is 637. The lowest BCUT2D eigenvalue weighted by molar-refractivity contribution is -0.146. The number of nitrogens with one attached hydrogen (secondary N) is 1. The van der Waals surface area contributed by atoms with E-state index in [1.165, 1.54) is 12.3 Å². The predicted octanol–water partition coefficient (Wildman–Crippen LogP) is -1.85. The SMILES string of the molecule is CCCOCC(=O)ONc1ccn([C@@H]2O[C@H](CO)[C@@H](O)[C@H]2O)c(=O)n1. The zero-order valence-electron chi connectivity index (χ0n) is 13.6. The number of carbonyl (C=O) groups is 1. The van der Waals surface area contributed by atoms with Crippen molar-refractivity contribution in [3.8, 4) is 0 Å². The van der Waals surface area contributed by atoms with E-state index in [9.17, 15) is 19.8 Å². The molecule has 11 nitrogen and oxygen atoms in total. The maximum Gasteiger partial charge on any atom is 0.357 e. The van der Waals surface area contributed by atoms with Crippen LogP contribution in [0.5, 0.6) is 0 Å². The molecule has 140 valence electrons. The van der Waals surface area contributed by atoms with Crippen LogP contribution in [0, 0.1) is 0 Å². The van der Waals surface area contributed by atoms with Crippen LogP contribution in [0.1, 0.15) is 19.6 Å². The summed E-state index contributed by atoms with van der Waals surface area (Å²) in [7, 11) is 0. The number of ether oxygens (including phenoxy) is 2. The molecule has 4 atom stereocenters. The van der Waals surface area contributed by atoms with Gasteiger partial charge in [0.2, 0.25) is 0 Å². The van der Waals surface area contributed by atoms with Gasteiger partial charge in [0, 0.05) is 18.9 Å². The van der Waals surface area contributed by atoms with Gasteiger partial charge in [0.25, 0.3) is 0 Å². The summed E-state index contributed by atoms with van der Waals surface area (Å²) in [5, 5.41) is 28.7. The fourth-order valence-corrected chi connectivity index (χ4v) is 2.21. The van der Waals surface area contributed by atoms with Crippen molar-refractivity contribution in [2.45, 2.75) is 37.9 Å². The molecule has 0 aliphatic carbocycles. The fraction of sp³-hybridized carbons (Fsp3) is 0.643. The first-order valence-corrected chi connectivity index (χ1v) is 7.73. The van der Waals surface area contributed by atoms with Crippen LogP contribution in [0.4, 0.5) is 5.82 Å². The van der Waals surface area contributed by atoms with Crippen molar-refractivity contribution in [3.63, 3.8) is 0 Å². The van der Waals surface area contributed by atoms with Crippen molar-refractivity contribution in [3.05, 3.63) is 22.7 Å². The van der Waals surface area contributed by atoms with Crippen LogP contribution in [0.2, 0.25) is 0 Å². The molecule has 1 saturated heterocycles. The van der Waals surface area contributed by atoms with Crippen molar-refractivity contribution >= 4 is 11.8 Å². The van der Waals surface area contributed by atoms with Gasteiger partial charge in [-0.15, -0.1) is 0 Å². The Labute approximate surface area is 142 Å². The minimum atomic E-state index is -1.40. The third-order valence-corrected chi connectivity index (χ3v) is 3.46. The molecular formula is C14H21N3O8. The van der Waals surface area contributed by atoms with Gasteiger partial charge in [-0.3, -0.25) is 4.57 Å². The average molecular weight is 359 g/mol. The monoisotopic (exact) mass is 359 g/mol. The van der Waals surface area contributed by atoms with Gasteiger partial charge in [0.1, 0.15) is 24.9 Å². The first-order chi connectivity index (χ1) is 12.0. The summed E-state index contributed by atoms with van der Waals surface area (Å²) in [4.78, 5) is 31.7. The maximum atomic E-state index is 12.0. The molecule has 25 heavy (non-hydrogen) atoms. The van der Waals surface area contributed by atoms with E-state index in [1.54, 1.807) is 0 Å². The number of anilines is 1. The van der Waals surface area contributed by atoms with E-state index in [2.05, 4.69) is 15.3 Å². The van der Waals surface area contributed by atoms with Gasteiger partial charge in [-0.05, 0) is 6.42 Å². The van der Waals surface area contributed by atoms with Gasteiger partial charge in [0.05, 0.1) is 6.61 Å². The van der Waals surface area contributed by atoms with Gasteiger partial charge in [0.15, 0.2) is 12.0 Å². The number of hydrogen-bond donors (Lipinski definition) is 4. The number of aromatic nitrogens is 2. The molecule has 4 N–H and O–H groups in total. The van der Waals surface area contributed by atoms with Crippen LogP contribution >= 0.6 is 0 Å². The average Bonchev–Trinajstić information content (AvgIpc) is 2.88. The van der Waals surface area contributed by atoms with Gasteiger partial charge in [-0.25, -0.2) is 15.1 Å². The molecule has 0 spiro atoms. The van der Waals surface area contributed by atoms with Crippen LogP contribution < -0.4 is 11.2 Å². The lowest BCUT2D eigenvalue weighted by Gasteiger charge is -2.17. The molecule has 2 rings (SSSR count). The van der Waals surface area contributed by atoms with E-state index in [1.807, 2.05) is 6.92 Å². The highest BCUT2D eigenvalue weighted by Crippen LogP contribution is 2.28. The van der Waals surface area contributed by atoms with Gasteiger partial charge in [-0.1, -0.05) is 6.92 Å². The van der Waals surface area contributed by atoms with E-state index >= 15 is 0 Å². The largest absolute Gasteiger partial charge is 0.394 e. The zero-order chi connectivity index (χ0) is 18.4. The predicted molar refractivity (Wildman–Crippen MR) is 82.3 cm³/mol. The van der Waals surface area contributed by atoms with Crippen molar-refractivity contribution < 1.29 is 34.4 Å². The molecule has 0 saturated carbocycles. The standard InChI is InChI=1S/C14H21N3O8/c1-2-5-23-7-10(19)25-16-9-3-4-17(14(22)15-9)13-12(21)11(20)8(6-18)24-13/h3-4,8,11-13,18,20-21H,2,5-7H2,1H3,(H,15,16,22)/t8-,11-,12-,13-/m1/s1. The summed E-state index contributed by atoms with van der Waals surface area (Å²) < 4.78 is 11.2. The smallest absolute Gasteiger partial charge is 0.357 e. The van der Waals surface area contributed by atoms with E-state index in [0.717, 1.165) is 11.0 Å².